The molecule has 2 aliphatic rings. The van der Waals surface area contributed by atoms with Gasteiger partial charge in [0, 0.05) is 37.0 Å². The monoisotopic (exact) mass is 308 g/mol. The van der Waals surface area contributed by atoms with Crippen LogP contribution in [-0.2, 0) is 9.59 Å². The van der Waals surface area contributed by atoms with Gasteiger partial charge in [0.2, 0.25) is 11.8 Å². The zero-order valence-corrected chi connectivity index (χ0v) is 14.7. The number of carbonyl (C=O) groups excluding carboxylic acids is 2. The normalized spacial score (nSPS) is 32.9. The number of piperidine rings is 2. The zero-order chi connectivity index (χ0) is 16.3. The predicted molar refractivity (Wildman–Crippen MR) is 88.5 cm³/mol. The van der Waals surface area contributed by atoms with Crippen LogP contribution in [0, 0.1) is 0 Å². The molecule has 2 amide bonds. The van der Waals surface area contributed by atoms with Crippen molar-refractivity contribution in [3.05, 3.63) is 0 Å². The maximum Gasteiger partial charge on any atom is 0.223 e. The number of carbonyl (C=O) groups is 2. The van der Waals surface area contributed by atoms with E-state index in [-0.39, 0.29) is 11.8 Å². The lowest BCUT2D eigenvalue weighted by Gasteiger charge is -2.40. The van der Waals surface area contributed by atoms with Crippen molar-refractivity contribution in [1.82, 2.24) is 9.80 Å². The first-order chi connectivity index (χ1) is 10.4. The first-order valence-corrected chi connectivity index (χ1v) is 9.04. The van der Waals surface area contributed by atoms with Crippen molar-refractivity contribution in [2.24, 2.45) is 0 Å². The second-order valence-corrected chi connectivity index (χ2v) is 7.36. The van der Waals surface area contributed by atoms with Crippen LogP contribution >= 0.6 is 0 Å². The van der Waals surface area contributed by atoms with Gasteiger partial charge in [-0.1, -0.05) is 0 Å². The molecule has 0 spiro atoms. The Morgan fingerprint density at radius 3 is 1.23 bits per heavy atom. The van der Waals surface area contributed by atoms with Gasteiger partial charge in [-0.3, -0.25) is 9.59 Å². The summed E-state index contributed by atoms with van der Waals surface area (Å²) in [6, 6.07) is 1.27. The van der Waals surface area contributed by atoms with E-state index in [1.54, 1.807) is 0 Å². The molecule has 2 saturated heterocycles. The molecule has 4 nitrogen and oxygen atoms in total. The van der Waals surface area contributed by atoms with E-state index in [4.69, 9.17) is 0 Å². The molecule has 0 aromatic rings. The third-order valence-corrected chi connectivity index (χ3v) is 5.52. The number of nitrogens with zero attached hydrogens (tertiary/aromatic N) is 2. The SMILES string of the molecule is C[C@@H]1CCC[C@H](C)N1C(=O)CCC(=O)N1[C@H](C)CCC[C@@H]1C. The minimum absolute atomic E-state index is 0.158. The van der Waals surface area contributed by atoms with Crippen LogP contribution in [0.1, 0.15) is 79.1 Å². The molecule has 0 aromatic carbocycles. The molecule has 0 bridgehead atoms. The van der Waals surface area contributed by atoms with Gasteiger partial charge < -0.3 is 9.80 Å². The van der Waals surface area contributed by atoms with Gasteiger partial charge >= 0.3 is 0 Å². The van der Waals surface area contributed by atoms with Crippen LogP contribution in [0.15, 0.2) is 0 Å². The van der Waals surface area contributed by atoms with Crippen LogP contribution in [0.3, 0.4) is 0 Å². The molecule has 2 rings (SSSR count). The van der Waals surface area contributed by atoms with Crippen molar-refractivity contribution in [2.45, 2.75) is 103 Å². The van der Waals surface area contributed by atoms with Crippen LogP contribution in [0.25, 0.3) is 0 Å². The minimum Gasteiger partial charge on any atom is -0.337 e. The molecule has 2 fully saturated rings. The summed E-state index contributed by atoms with van der Waals surface area (Å²) < 4.78 is 0. The van der Waals surface area contributed by atoms with Gasteiger partial charge in [0.25, 0.3) is 0 Å². The maximum atomic E-state index is 12.5. The fourth-order valence-corrected chi connectivity index (χ4v) is 4.30. The molecule has 0 aliphatic carbocycles. The van der Waals surface area contributed by atoms with E-state index in [2.05, 4.69) is 27.7 Å². The van der Waals surface area contributed by atoms with Gasteiger partial charge in [-0.05, 0) is 66.2 Å². The molecule has 2 heterocycles. The molecular weight excluding hydrogens is 276 g/mol. The molecule has 22 heavy (non-hydrogen) atoms. The third kappa shape index (κ3) is 3.82. The Balaban J connectivity index is 1.88. The minimum atomic E-state index is 0.158. The van der Waals surface area contributed by atoms with Crippen LogP contribution < -0.4 is 0 Å². The quantitative estimate of drug-likeness (QED) is 0.802. The van der Waals surface area contributed by atoms with Gasteiger partial charge in [0.15, 0.2) is 0 Å². The highest BCUT2D eigenvalue weighted by molar-refractivity contribution is 5.84. The van der Waals surface area contributed by atoms with Gasteiger partial charge in [-0.15, -0.1) is 0 Å². The van der Waals surface area contributed by atoms with E-state index in [0.29, 0.717) is 37.0 Å². The van der Waals surface area contributed by atoms with Gasteiger partial charge in [0.05, 0.1) is 0 Å². The average Bonchev–Trinajstić information content (AvgIpc) is 2.44. The smallest absolute Gasteiger partial charge is 0.223 e. The Morgan fingerprint density at radius 2 is 0.955 bits per heavy atom. The first kappa shape index (κ1) is 17.3. The Morgan fingerprint density at radius 1 is 0.682 bits per heavy atom. The predicted octanol–water partition coefficient (Wildman–Crippen LogP) is 3.35. The maximum absolute atomic E-state index is 12.5. The number of rotatable bonds is 3. The lowest BCUT2D eigenvalue weighted by Crippen LogP contribution is -2.49. The van der Waals surface area contributed by atoms with Gasteiger partial charge in [-0.25, -0.2) is 0 Å². The molecule has 126 valence electrons. The van der Waals surface area contributed by atoms with Crippen molar-refractivity contribution in [3.63, 3.8) is 0 Å². The second kappa shape index (κ2) is 7.47. The van der Waals surface area contributed by atoms with Gasteiger partial charge in [0.1, 0.15) is 0 Å². The number of hydrogen-bond acceptors (Lipinski definition) is 2. The number of hydrogen-bond donors (Lipinski definition) is 0. The Hall–Kier alpha value is -1.06. The molecule has 0 unspecified atom stereocenters. The highest BCUT2D eigenvalue weighted by Gasteiger charge is 2.31. The summed E-state index contributed by atoms with van der Waals surface area (Å²) in [5.74, 6) is 0.315. The summed E-state index contributed by atoms with van der Waals surface area (Å²) >= 11 is 0. The lowest BCUT2D eigenvalue weighted by molar-refractivity contribution is -0.143. The molecule has 4 atom stereocenters. The molecule has 4 heteroatoms. The van der Waals surface area contributed by atoms with Crippen LogP contribution in [0.2, 0.25) is 0 Å². The van der Waals surface area contributed by atoms with E-state index in [0.717, 1.165) is 25.7 Å². The summed E-state index contributed by atoms with van der Waals surface area (Å²) in [5.41, 5.74) is 0. The second-order valence-electron chi connectivity index (χ2n) is 7.36. The highest BCUT2D eigenvalue weighted by Crippen LogP contribution is 2.25. The van der Waals surface area contributed by atoms with Crippen molar-refractivity contribution < 1.29 is 9.59 Å². The number of amides is 2. The van der Waals surface area contributed by atoms with E-state index < -0.39 is 0 Å². The lowest BCUT2D eigenvalue weighted by atomic mass is 9.96. The largest absolute Gasteiger partial charge is 0.337 e. The van der Waals surface area contributed by atoms with Crippen molar-refractivity contribution in [1.29, 1.82) is 0 Å². The van der Waals surface area contributed by atoms with E-state index in [9.17, 15) is 9.59 Å². The Bertz CT molecular complexity index is 352. The fourth-order valence-electron chi connectivity index (χ4n) is 4.30. The molecule has 0 N–H and O–H groups in total. The van der Waals surface area contributed by atoms with Crippen molar-refractivity contribution in [2.75, 3.05) is 0 Å². The Labute approximate surface area is 135 Å². The summed E-state index contributed by atoms with van der Waals surface area (Å²) in [7, 11) is 0. The third-order valence-electron chi connectivity index (χ3n) is 5.52. The molecule has 0 radical (unpaired) electrons. The number of likely N-dealkylation sites (tertiary alicyclic amines) is 2. The van der Waals surface area contributed by atoms with Crippen LogP contribution in [0.5, 0.6) is 0 Å². The van der Waals surface area contributed by atoms with Gasteiger partial charge in [-0.2, -0.15) is 0 Å². The molecule has 0 saturated carbocycles. The average molecular weight is 308 g/mol. The summed E-state index contributed by atoms with van der Waals surface area (Å²) in [6.07, 6.45) is 7.48. The highest BCUT2D eigenvalue weighted by atomic mass is 16.2. The Kier molecular flexibility index (Phi) is 5.87. The van der Waals surface area contributed by atoms with E-state index in [1.807, 2.05) is 9.80 Å². The van der Waals surface area contributed by atoms with Crippen LogP contribution in [0.4, 0.5) is 0 Å². The standard InChI is InChI=1S/C18H32N2O2/c1-13-7-5-8-14(2)19(13)17(21)11-12-18(22)20-15(3)9-6-10-16(20)4/h13-16H,5-12H2,1-4H3/t13-,14+,15-,16+. The van der Waals surface area contributed by atoms with E-state index >= 15 is 0 Å². The van der Waals surface area contributed by atoms with E-state index in [1.165, 1.54) is 12.8 Å². The summed E-state index contributed by atoms with van der Waals surface area (Å²) in [4.78, 5) is 29.1. The molecule has 2 aliphatic heterocycles. The zero-order valence-electron chi connectivity index (χ0n) is 14.7. The first-order valence-electron chi connectivity index (χ1n) is 9.04. The summed E-state index contributed by atoms with van der Waals surface area (Å²) in [6.45, 7) is 8.52. The topological polar surface area (TPSA) is 40.6 Å². The van der Waals surface area contributed by atoms with Crippen molar-refractivity contribution in [3.8, 4) is 0 Å². The van der Waals surface area contributed by atoms with Crippen LogP contribution in [-0.4, -0.2) is 45.8 Å². The molecular formula is C18H32N2O2. The van der Waals surface area contributed by atoms with Crippen molar-refractivity contribution >= 4 is 11.8 Å². The fraction of sp³-hybridized carbons (Fsp3) is 0.889. The molecule has 0 aromatic heterocycles. The summed E-state index contributed by atoms with van der Waals surface area (Å²) in [5, 5.41) is 0.